The van der Waals surface area contributed by atoms with Crippen LogP contribution in [-0.2, 0) is 0 Å². The summed E-state index contributed by atoms with van der Waals surface area (Å²) in [7, 11) is 0. The van der Waals surface area contributed by atoms with Gasteiger partial charge in [0, 0.05) is 17.8 Å². The summed E-state index contributed by atoms with van der Waals surface area (Å²) in [5.41, 5.74) is 8.08. The third kappa shape index (κ3) is 2.12. The van der Waals surface area contributed by atoms with Crippen LogP contribution in [0.3, 0.4) is 0 Å². The summed E-state index contributed by atoms with van der Waals surface area (Å²) >= 11 is 5.92. The topological polar surface area (TPSA) is 63.9 Å². The smallest absolute Gasteiger partial charge is 0.238 e. The molecule has 0 amide bonds. The lowest BCUT2D eigenvalue weighted by Gasteiger charge is -2.07. The minimum Gasteiger partial charge on any atom is -0.437 e. The van der Waals surface area contributed by atoms with Gasteiger partial charge in [-0.05, 0) is 25.5 Å². The van der Waals surface area contributed by atoms with Crippen molar-refractivity contribution < 1.29 is 4.74 Å². The Kier molecular flexibility index (Phi) is 2.75. The summed E-state index contributed by atoms with van der Waals surface area (Å²) in [4.78, 5) is 0. The number of halogens is 1. The van der Waals surface area contributed by atoms with Gasteiger partial charge in [0.2, 0.25) is 5.88 Å². The van der Waals surface area contributed by atoms with E-state index in [4.69, 9.17) is 22.1 Å². The maximum absolute atomic E-state index is 5.92. The molecular formula is C11H12ClN3O. The first-order valence-corrected chi connectivity index (χ1v) is 5.19. The second kappa shape index (κ2) is 4.06. The molecule has 0 spiro atoms. The number of hydrogen-bond donors (Lipinski definition) is 2. The highest BCUT2D eigenvalue weighted by Crippen LogP contribution is 2.31. The van der Waals surface area contributed by atoms with Crippen molar-refractivity contribution in [2.24, 2.45) is 0 Å². The number of nitrogen functional groups attached to an aromatic ring is 1. The molecule has 0 aliphatic rings. The monoisotopic (exact) mass is 237 g/mol. The van der Waals surface area contributed by atoms with Gasteiger partial charge in [-0.25, -0.2) is 0 Å². The molecule has 0 atom stereocenters. The number of H-pyrrole nitrogens is 1. The van der Waals surface area contributed by atoms with E-state index in [-0.39, 0.29) is 0 Å². The van der Waals surface area contributed by atoms with Gasteiger partial charge < -0.3 is 10.5 Å². The van der Waals surface area contributed by atoms with Crippen molar-refractivity contribution in [3.8, 4) is 11.6 Å². The lowest BCUT2D eigenvalue weighted by Crippen LogP contribution is -1.92. The normalized spacial score (nSPS) is 10.4. The van der Waals surface area contributed by atoms with Gasteiger partial charge >= 0.3 is 0 Å². The number of aryl methyl sites for hydroxylation is 2. The highest BCUT2D eigenvalue weighted by molar-refractivity contribution is 6.33. The van der Waals surface area contributed by atoms with Gasteiger partial charge in [-0.15, -0.1) is 5.10 Å². The van der Waals surface area contributed by atoms with Gasteiger partial charge in [0.05, 0.1) is 10.7 Å². The zero-order valence-electron chi connectivity index (χ0n) is 9.04. The van der Waals surface area contributed by atoms with E-state index in [2.05, 4.69) is 10.2 Å². The van der Waals surface area contributed by atoms with Gasteiger partial charge in [0.25, 0.3) is 0 Å². The lowest BCUT2D eigenvalue weighted by molar-refractivity contribution is 0.458. The first-order valence-electron chi connectivity index (χ1n) is 4.82. The highest BCUT2D eigenvalue weighted by atomic mass is 35.5. The minimum absolute atomic E-state index is 0.479. The average molecular weight is 238 g/mol. The second-order valence-electron chi connectivity index (χ2n) is 3.63. The Bertz CT molecular complexity index is 522. The SMILES string of the molecule is Cc1cc(Oc2cc(Cl)c(N)cc2C)n[nH]1. The average Bonchev–Trinajstić information content (AvgIpc) is 2.60. The molecule has 0 fully saturated rings. The molecule has 3 N–H and O–H groups in total. The predicted octanol–water partition coefficient (Wildman–Crippen LogP) is 3.05. The van der Waals surface area contributed by atoms with Gasteiger partial charge in [-0.1, -0.05) is 11.6 Å². The number of ether oxygens (including phenoxy) is 1. The Hall–Kier alpha value is -1.68. The summed E-state index contributed by atoms with van der Waals surface area (Å²) in [6.07, 6.45) is 0. The molecule has 5 heteroatoms. The van der Waals surface area contributed by atoms with E-state index in [1.807, 2.05) is 19.9 Å². The molecule has 0 radical (unpaired) electrons. The zero-order valence-corrected chi connectivity index (χ0v) is 9.80. The van der Waals surface area contributed by atoms with Crippen LogP contribution in [0.25, 0.3) is 0 Å². The van der Waals surface area contributed by atoms with E-state index in [1.54, 1.807) is 12.1 Å². The molecule has 4 nitrogen and oxygen atoms in total. The van der Waals surface area contributed by atoms with Crippen molar-refractivity contribution in [1.29, 1.82) is 0 Å². The summed E-state index contributed by atoms with van der Waals surface area (Å²) in [5.74, 6) is 1.17. The fraction of sp³-hybridized carbons (Fsp3) is 0.182. The van der Waals surface area contributed by atoms with Crippen molar-refractivity contribution in [2.75, 3.05) is 5.73 Å². The third-order valence-electron chi connectivity index (χ3n) is 2.19. The molecule has 0 aliphatic carbocycles. The summed E-state index contributed by atoms with van der Waals surface area (Å²) < 4.78 is 5.58. The Morgan fingerprint density at radius 2 is 2.06 bits per heavy atom. The van der Waals surface area contributed by atoms with E-state index in [1.165, 1.54) is 0 Å². The number of nitrogens with two attached hydrogens (primary N) is 1. The number of hydrogen-bond acceptors (Lipinski definition) is 3. The van der Waals surface area contributed by atoms with Crippen LogP contribution in [-0.4, -0.2) is 10.2 Å². The minimum atomic E-state index is 0.479. The maximum atomic E-state index is 5.92. The molecule has 0 saturated carbocycles. The molecule has 1 aromatic heterocycles. The van der Waals surface area contributed by atoms with Crippen LogP contribution >= 0.6 is 11.6 Å². The Morgan fingerprint density at radius 3 is 2.69 bits per heavy atom. The van der Waals surface area contributed by atoms with E-state index in [0.717, 1.165) is 11.3 Å². The number of nitrogens with one attached hydrogen (secondary N) is 1. The number of nitrogens with zero attached hydrogens (tertiary/aromatic N) is 1. The van der Waals surface area contributed by atoms with Crippen molar-refractivity contribution in [3.05, 3.63) is 34.5 Å². The van der Waals surface area contributed by atoms with Crippen LogP contribution in [0, 0.1) is 13.8 Å². The molecule has 0 bridgehead atoms. The van der Waals surface area contributed by atoms with Gasteiger partial charge in [-0.3, -0.25) is 5.10 Å². The molecular weight excluding hydrogens is 226 g/mol. The first kappa shape index (κ1) is 10.8. The van der Waals surface area contributed by atoms with E-state index in [9.17, 15) is 0 Å². The standard InChI is InChI=1S/C11H12ClN3O/c1-6-3-9(13)8(12)5-10(6)16-11-4-7(2)14-15-11/h3-5H,13H2,1-2H3,(H,14,15). The Labute approximate surface area is 98.4 Å². The van der Waals surface area contributed by atoms with E-state index < -0.39 is 0 Å². The summed E-state index contributed by atoms with van der Waals surface area (Å²) in [5, 5.41) is 7.26. The zero-order chi connectivity index (χ0) is 11.7. The van der Waals surface area contributed by atoms with Gasteiger partial charge in [0.1, 0.15) is 5.75 Å². The molecule has 1 aromatic carbocycles. The molecule has 16 heavy (non-hydrogen) atoms. The summed E-state index contributed by atoms with van der Waals surface area (Å²) in [6, 6.07) is 5.27. The maximum Gasteiger partial charge on any atom is 0.238 e. The highest BCUT2D eigenvalue weighted by Gasteiger charge is 2.07. The molecule has 1 heterocycles. The van der Waals surface area contributed by atoms with Crippen LogP contribution in [0.1, 0.15) is 11.3 Å². The van der Waals surface area contributed by atoms with Crippen LogP contribution < -0.4 is 10.5 Å². The predicted molar refractivity (Wildman–Crippen MR) is 64.0 cm³/mol. The molecule has 0 unspecified atom stereocenters. The molecule has 2 rings (SSSR count). The van der Waals surface area contributed by atoms with Gasteiger partial charge in [-0.2, -0.15) is 0 Å². The number of aromatic amines is 1. The van der Waals surface area contributed by atoms with E-state index in [0.29, 0.717) is 22.3 Å². The van der Waals surface area contributed by atoms with Crippen LogP contribution in [0.2, 0.25) is 5.02 Å². The third-order valence-corrected chi connectivity index (χ3v) is 2.52. The van der Waals surface area contributed by atoms with Crippen molar-refractivity contribution in [1.82, 2.24) is 10.2 Å². The van der Waals surface area contributed by atoms with Crippen molar-refractivity contribution >= 4 is 17.3 Å². The molecule has 0 saturated heterocycles. The number of aromatic nitrogens is 2. The molecule has 0 aliphatic heterocycles. The number of benzene rings is 1. The van der Waals surface area contributed by atoms with Crippen LogP contribution in [0.4, 0.5) is 5.69 Å². The van der Waals surface area contributed by atoms with Crippen LogP contribution in [0.15, 0.2) is 18.2 Å². The Balaban J connectivity index is 2.31. The first-order chi connectivity index (χ1) is 7.56. The second-order valence-corrected chi connectivity index (χ2v) is 4.04. The largest absolute Gasteiger partial charge is 0.437 e. The molecule has 84 valence electrons. The fourth-order valence-corrected chi connectivity index (χ4v) is 1.51. The van der Waals surface area contributed by atoms with E-state index >= 15 is 0 Å². The number of anilines is 1. The summed E-state index contributed by atoms with van der Waals surface area (Å²) in [6.45, 7) is 3.81. The number of rotatable bonds is 2. The fourth-order valence-electron chi connectivity index (χ4n) is 1.35. The molecule has 2 aromatic rings. The quantitative estimate of drug-likeness (QED) is 0.789. The van der Waals surface area contributed by atoms with Gasteiger partial charge in [0.15, 0.2) is 0 Å². The van der Waals surface area contributed by atoms with Crippen LogP contribution in [0.5, 0.6) is 11.6 Å². The Morgan fingerprint density at radius 1 is 1.31 bits per heavy atom. The van der Waals surface area contributed by atoms with Crippen molar-refractivity contribution in [2.45, 2.75) is 13.8 Å². The lowest BCUT2D eigenvalue weighted by atomic mass is 10.2. The van der Waals surface area contributed by atoms with Crippen molar-refractivity contribution in [3.63, 3.8) is 0 Å².